The van der Waals surface area contributed by atoms with Crippen LogP contribution in [-0.2, 0) is 28.6 Å². The Morgan fingerprint density at radius 2 is 1.52 bits per heavy atom. The fourth-order valence-corrected chi connectivity index (χ4v) is 3.91. The van der Waals surface area contributed by atoms with Crippen molar-refractivity contribution in [3.05, 3.63) is 0 Å². The van der Waals surface area contributed by atoms with E-state index in [9.17, 15) is 14.4 Å². The largest absolute Gasteiger partial charge is 0.469 e. The Bertz CT molecular complexity index is 547. The summed E-state index contributed by atoms with van der Waals surface area (Å²) in [5, 5.41) is 0. The topological polar surface area (TPSA) is 82.1 Å². The maximum atomic E-state index is 12.5. The molecule has 1 heterocycles. The predicted octanol–water partition coefficient (Wildman–Crippen LogP) is 2.31. The van der Waals surface area contributed by atoms with Crippen LogP contribution in [-0.4, -0.2) is 60.8 Å². The molecule has 1 aliphatic heterocycles. The van der Waals surface area contributed by atoms with Gasteiger partial charge >= 0.3 is 11.9 Å². The summed E-state index contributed by atoms with van der Waals surface area (Å²) in [6.45, 7) is 8.45. The minimum Gasteiger partial charge on any atom is -0.469 e. The van der Waals surface area contributed by atoms with Gasteiger partial charge in [-0.15, -0.1) is 0 Å². The van der Waals surface area contributed by atoms with E-state index in [0.29, 0.717) is 32.4 Å². The van der Waals surface area contributed by atoms with Crippen molar-refractivity contribution in [2.75, 3.05) is 20.2 Å². The summed E-state index contributed by atoms with van der Waals surface area (Å²) in [6, 6.07) is 0. The summed E-state index contributed by atoms with van der Waals surface area (Å²) in [4.78, 5) is 38.1. The van der Waals surface area contributed by atoms with Crippen molar-refractivity contribution < 1.29 is 28.6 Å². The van der Waals surface area contributed by atoms with Crippen molar-refractivity contribution in [3.8, 4) is 0 Å². The SMILES string of the molecule is COC(=O)[C@H]1C[C@H](OC2CCN(C(C)=O)CC2)CC[C@@H]1C(=O)OC(C)(C)C. The smallest absolute Gasteiger partial charge is 0.310 e. The number of esters is 2. The molecule has 1 saturated carbocycles. The van der Waals surface area contributed by atoms with E-state index in [2.05, 4.69) is 0 Å². The summed E-state index contributed by atoms with van der Waals surface area (Å²) < 4.78 is 16.6. The number of ether oxygens (including phenoxy) is 3. The number of methoxy groups -OCH3 is 1. The predicted molar refractivity (Wildman–Crippen MR) is 98.8 cm³/mol. The molecule has 154 valence electrons. The van der Waals surface area contributed by atoms with Crippen molar-refractivity contribution in [2.45, 2.75) is 77.6 Å². The molecule has 1 amide bonds. The Hall–Kier alpha value is -1.63. The van der Waals surface area contributed by atoms with Crippen LogP contribution in [0, 0.1) is 11.8 Å². The van der Waals surface area contributed by atoms with E-state index in [1.807, 2.05) is 25.7 Å². The molecule has 0 unspecified atom stereocenters. The Labute approximate surface area is 161 Å². The Balaban J connectivity index is 1.94. The molecule has 1 saturated heterocycles. The van der Waals surface area contributed by atoms with Gasteiger partial charge in [-0.2, -0.15) is 0 Å². The van der Waals surface area contributed by atoms with Crippen LogP contribution in [0.4, 0.5) is 0 Å². The maximum absolute atomic E-state index is 12.5. The zero-order valence-corrected chi connectivity index (χ0v) is 17.2. The van der Waals surface area contributed by atoms with E-state index in [1.165, 1.54) is 7.11 Å². The van der Waals surface area contributed by atoms with Gasteiger partial charge in [0.05, 0.1) is 31.2 Å². The van der Waals surface area contributed by atoms with Crippen LogP contribution in [0.5, 0.6) is 0 Å². The highest BCUT2D eigenvalue weighted by Crippen LogP contribution is 2.35. The van der Waals surface area contributed by atoms with E-state index < -0.39 is 17.4 Å². The van der Waals surface area contributed by atoms with Gasteiger partial charge < -0.3 is 19.1 Å². The summed E-state index contributed by atoms with van der Waals surface area (Å²) in [6.07, 6.45) is 3.33. The van der Waals surface area contributed by atoms with Crippen LogP contribution >= 0.6 is 0 Å². The fourth-order valence-electron chi connectivity index (χ4n) is 3.91. The molecule has 1 aliphatic carbocycles. The monoisotopic (exact) mass is 383 g/mol. The van der Waals surface area contributed by atoms with Crippen molar-refractivity contribution in [1.82, 2.24) is 4.90 Å². The molecule has 0 bridgehead atoms. The van der Waals surface area contributed by atoms with E-state index in [1.54, 1.807) is 6.92 Å². The highest BCUT2D eigenvalue weighted by atomic mass is 16.6. The molecule has 0 radical (unpaired) electrons. The number of likely N-dealkylation sites (tertiary alicyclic amines) is 1. The van der Waals surface area contributed by atoms with E-state index in [-0.39, 0.29) is 30.1 Å². The minimum absolute atomic E-state index is 0.0818. The molecule has 27 heavy (non-hydrogen) atoms. The normalized spacial score (nSPS) is 27.1. The van der Waals surface area contributed by atoms with Gasteiger partial charge in [0.25, 0.3) is 0 Å². The number of piperidine rings is 1. The highest BCUT2D eigenvalue weighted by Gasteiger charge is 2.43. The molecule has 3 atom stereocenters. The lowest BCUT2D eigenvalue weighted by atomic mass is 9.77. The third kappa shape index (κ3) is 6.19. The number of amides is 1. The molecule has 2 rings (SSSR count). The van der Waals surface area contributed by atoms with Gasteiger partial charge in [0.2, 0.25) is 5.91 Å². The number of hydrogen-bond acceptors (Lipinski definition) is 6. The minimum atomic E-state index is -0.588. The van der Waals surface area contributed by atoms with Crippen LogP contribution in [0.2, 0.25) is 0 Å². The summed E-state index contributed by atoms with van der Waals surface area (Å²) in [7, 11) is 1.34. The quantitative estimate of drug-likeness (QED) is 0.693. The first kappa shape index (κ1) is 21.7. The Morgan fingerprint density at radius 1 is 0.889 bits per heavy atom. The second-order valence-electron chi connectivity index (χ2n) is 8.55. The molecule has 0 spiro atoms. The number of carbonyl (C=O) groups is 3. The van der Waals surface area contributed by atoms with Gasteiger partial charge in [-0.05, 0) is 52.9 Å². The molecule has 0 aromatic carbocycles. The second-order valence-corrected chi connectivity index (χ2v) is 8.55. The standard InChI is InChI=1S/C20H33NO6/c1-13(22)21-10-8-14(9-11-21)26-15-6-7-16(17(12-15)18(23)25-5)19(24)27-20(2,3)4/h14-17H,6-12H2,1-5H3/t15-,16+,17+/m1/s1. The fraction of sp³-hybridized carbons (Fsp3) is 0.850. The highest BCUT2D eigenvalue weighted by molar-refractivity contribution is 5.82. The van der Waals surface area contributed by atoms with Crippen LogP contribution in [0.15, 0.2) is 0 Å². The molecule has 7 nitrogen and oxygen atoms in total. The number of rotatable bonds is 4. The molecule has 0 N–H and O–H groups in total. The van der Waals surface area contributed by atoms with Crippen molar-refractivity contribution >= 4 is 17.8 Å². The lowest BCUT2D eigenvalue weighted by Crippen LogP contribution is -2.44. The molecule has 0 aromatic rings. The molecular weight excluding hydrogens is 350 g/mol. The van der Waals surface area contributed by atoms with E-state index in [0.717, 1.165) is 12.8 Å². The van der Waals surface area contributed by atoms with Crippen molar-refractivity contribution in [3.63, 3.8) is 0 Å². The van der Waals surface area contributed by atoms with E-state index in [4.69, 9.17) is 14.2 Å². The molecular formula is C20H33NO6. The van der Waals surface area contributed by atoms with Crippen LogP contribution < -0.4 is 0 Å². The zero-order chi connectivity index (χ0) is 20.2. The lowest BCUT2D eigenvalue weighted by molar-refractivity contribution is -0.173. The zero-order valence-electron chi connectivity index (χ0n) is 17.2. The summed E-state index contributed by atoms with van der Waals surface area (Å²) in [5.74, 6) is -1.66. The molecule has 7 heteroatoms. The number of hydrogen-bond donors (Lipinski definition) is 0. The first-order valence-corrected chi connectivity index (χ1v) is 9.82. The van der Waals surface area contributed by atoms with Gasteiger partial charge in [0.15, 0.2) is 0 Å². The molecule has 2 fully saturated rings. The third-order valence-electron chi connectivity index (χ3n) is 5.29. The van der Waals surface area contributed by atoms with Crippen molar-refractivity contribution in [1.29, 1.82) is 0 Å². The lowest BCUT2D eigenvalue weighted by Gasteiger charge is -2.38. The first-order chi connectivity index (χ1) is 12.6. The summed E-state index contributed by atoms with van der Waals surface area (Å²) in [5.41, 5.74) is -0.588. The molecule has 0 aromatic heterocycles. The van der Waals surface area contributed by atoms with Crippen LogP contribution in [0.25, 0.3) is 0 Å². The van der Waals surface area contributed by atoms with Gasteiger partial charge in [0.1, 0.15) is 5.60 Å². The van der Waals surface area contributed by atoms with Gasteiger partial charge in [-0.3, -0.25) is 14.4 Å². The Morgan fingerprint density at radius 3 is 2.04 bits per heavy atom. The van der Waals surface area contributed by atoms with Crippen LogP contribution in [0.1, 0.15) is 59.8 Å². The molecule has 2 aliphatic rings. The number of nitrogens with zero attached hydrogens (tertiary/aromatic N) is 1. The average molecular weight is 383 g/mol. The first-order valence-electron chi connectivity index (χ1n) is 9.82. The Kier molecular flexibility index (Phi) is 7.25. The average Bonchev–Trinajstić information content (AvgIpc) is 2.60. The third-order valence-corrected chi connectivity index (χ3v) is 5.29. The van der Waals surface area contributed by atoms with E-state index >= 15 is 0 Å². The second kappa shape index (κ2) is 9.04. The van der Waals surface area contributed by atoms with Crippen LogP contribution in [0.3, 0.4) is 0 Å². The van der Waals surface area contributed by atoms with Gasteiger partial charge in [-0.25, -0.2) is 0 Å². The maximum Gasteiger partial charge on any atom is 0.310 e. The number of carbonyl (C=O) groups excluding carboxylic acids is 3. The van der Waals surface area contributed by atoms with Gasteiger partial charge in [0, 0.05) is 20.0 Å². The van der Waals surface area contributed by atoms with Gasteiger partial charge in [-0.1, -0.05) is 0 Å². The van der Waals surface area contributed by atoms with Crippen molar-refractivity contribution in [2.24, 2.45) is 11.8 Å². The summed E-state index contributed by atoms with van der Waals surface area (Å²) >= 11 is 0.